The molecule has 1 aromatic heterocycles. The molecule has 1 saturated heterocycles. The lowest BCUT2D eigenvalue weighted by Crippen LogP contribution is -2.41. The van der Waals surface area contributed by atoms with Crippen molar-refractivity contribution in [2.24, 2.45) is 0 Å². The summed E-state index contributed by atoms with van der Waals surface area (Å²) in [7, 11) is 0. The highest BCUT2D eigenvalue weighted by Crippen LogP contribution is 2.26. The topological polar surface area (TPSA) is 70.5 Å². The number of aromatic nitrogens is 1. The molecule has 1 atom stereocenters. The molecule has 18 heavy (non-hydrogen) atoms. The summed E-state index contributed by atoms with van der Waals surface area (Å²) in [4.78, 5) is 28.2. The molecule has 0 spiro atoms. The quantitative estimate of drug-likeness (QED) is 0.846. The summed E-state index contributed by atoms with van der Waals surface area (Å²) < 4.78 is 0. The molecular formula is C10H8Cl2N2O3S. The summed E-state index contributed by atoms with van der Waals surface area (Å²) in [5.74, 6) is -0.768. The Morgan fingerprint density at radius 2 is 2.22 bits per heavy atom. The number of amides is 1. The van der Waals surface area contributed by atoms with Crippen molar-refractivity contribution in [1.82, 2.24) is 9.88 Å². The first-order valence-electron chi connectivity index (χ1n) is 4.93. The van der Waals surface area contributed by atoms with Gasteiger partial charge in [0.1, 0.15) is 11.2 Å². The SMILES string of the molecule is O=C(O)[C@@H]1CSCN1C(=O)c1cc(Cl)ncc1Cl. The first-order valence-corrected chi connectivity index (χ1v) is 6.84. The van der Waals surface area contributed by atoms with Crippen LogP contribution in [0.15, 0.2) is 12.3 Å². The Morgan fingerprint density at radius 1 is 1.50 bits per heavy atom. The lowest BCUT2D eigenvalue weighted by Gasteiger charge is -2.20. The first kappa shape index (κ1) is 13.5. The Morgan fingerprint density at radius 3 is 2.89 bits per heavy atom. The summed E-state index contributed by atoms with van der Waals surface area (Å²) in [6.45, 7) is 0. The normalized spacial score (nSPS) is 19.0. The molecule has 0 bridgehead atoms. The van der Waals surface area contributed by atoms with E-state index in [0.717, 1.165) is 0 Å². The number of hydrogen-bond donors (Lipinski definition) is 1. The Balaban J connectivity index is 2.31. The maximum atomic E-state index is 12.2. The maximum Gasteiger partial charge on any atom is 0.327 e. The van der Waals surface area contributed by atoms with Crippen molar-refractivity contribution in [1.29, 1.82) is 0 Å². The minimum Gasteiger partial charge on any atom is -0.480 e. The van der Waals surface area contributed by atoms with E-state index in [4.69, 9.17) is 28.3 Å². The Kier molecular flexibility index (Phi) is 3.99. The van der Waals surface area contributed by atoms with Crippen molar-refractivity contribution in [3.63, 3.8) is 0 Å². The van der Waals surface area contributed by atoms with E-state index in [2.05, 4.69) is 4.98 Å². The van der Waals surface area contributed by atoms with Crippen LogP contribution in [0.1, 0.15) is 10.4 Å². The fraction of sp³-hybridized carbons (Fsp3) is 0.300. The van der Waals surface area contributed by atoms with Crippen LogP contribution in [0.5, 0.6) is 0 Å². The minimum absolute atomic E-state index is 0.140. The molecule has 1 aliphatic heterocycles. The molecule has 2 rings (SSSR count). The maximum absolute atomic E-state index is 12.2. The molecule has 1 fully saturated rings. The summed E-state index contributed by atoms with van der Waals surface area (Å²) in [5.41, 5.74) is 0.172. The highest BCUT2D eigenvalue weighted by atomic mass is 35.5. The van der Waals surface area contributed by atoms with Gasteiger partial charge >= 0.3 is 5.97 Å². The number of halogens is 2. The average molecular weight is 307 g/mol. The van der Waals surface area contributed by atoms with E-state index < -0.39 is 17.9 Å². The zero-order valence-corrected chi connectivity index (χ0v) is 11.3. The zero-order chi connectivity index (χ0) is 13.3. The minimum atomic E-state index is -1.02. The van der Waals surface area contributed by atoms with Crippen molar-refractivity contribution in [2.75, 3.05) is 11.6 Å². The van der Waals surface area contributed by atoms with E-state index in [1.807, 2.05) is 0 Å². The molecule has 0 radical (unpaired) electrons. The highest BCUT2D eigenvalue weighted by molar-refractivity contribution is 7.99. The smallest absolute Gasteiger partial charge is 0.327 e. The first-order chi connectivity index (χ1) is 8.50. The number of carboxylic acid groups (broad SMARTS) is 1. The Bertz CT molecular complexity index is 512. The monoisotopic (exact) mass is 306 g/mol. The van der Waals surface area contributed by atoms with Crippen LogP contribution in [0, 0.1) is 0 Å². The van der Waals surface area contributed by atoms with Gasteiger partial charge in [0.15, 0.2) is 0 Å². The Hall–Kier alpha value is -0.980. The van der Waals surface area contributed by atoms with Gasteiger partial charge in [0.05, 0.1) is 16.5 Å². The van der Waals surface area contributed by atoms with Crippen LogP contribution in [0.3, 0.4) is 0 Å². The lowest BCUT2D eigenvalue weighted by atomic mass is 10.2. The molecule has 2 heterocycles. The van der Waals surface area contributed by atoms with Crippen molar-refractivity contribution < 1.29 is 14.7 Å². The van der Waals surface area contributed by atoms with Crippen LogP contribution in [0.4, 0.5) is 0 Å². The fourth-order valence-electron chi connectivity index (χ4n) is 1.58. The van der Waals surface area contributed by atoms with Gasteiger partial charge in [-0.1, -0.05) is 23.2 Å². The van der Waals surface area contributed by atoms with Gasteiger partial charge in [0.2, 0.25) is 0 Å². The molecule has 0 unspecified atom stereocenters. The Labute approximate surface area is 117 Å². The molecule has 1 amide bonds. The van der Waals surface area contributed by atoms with E-state index in [-0.39, 0.29) is 15.7 Å². The highest BCUT2D eigenvalue weighted by Gasteiger charge is 2.35. The van der Waals surface area contributed by atoms with Crippen LogP contribution in [0.2, 0.25) is 10.2 Å². The number of hydrogen-bond acceptors (Lipinski definition) is 4. The van der Waals surface area contributed by atoms with E-state index in [9.17, 15) is 9.59 Å². The third-order valence-corrected chi connectivity index (χ3v) is 4.00. The fourth-order valence-corrected chi connectivity index (χ4v) is 3.07. The van der Waals surface area contributed by atoms with Crippen LogP contribution in [-0.4, -0.2) is 44.5 Å². The van der Waals surface area contributed by atoms with Crippen LogP contribution >= 0.6 is 35.0 Å². The van der Waals surface area contributed by atoms with Crippen molar-refractivity contribution in [3.05, 3.63) is 28.0 Å². The third kappa shape index (κ3) is 2.55. The second kappa shape index (κ2) is 5.34. The number of rotatable bonds is 2. The number of nitrogens with zero attached hydrogens (tertiary/aromatic N) is 2. The van der Waals surface area contributed by atoms with Gasteiger partial charge in [0.25, 0.3) is 5.91 Å². The molecule has 0 aromatic carbocycles. The van der Waals surface area contributed by atoms with Gasteiger partial charge in [-0.05, 0) is 6.07 Å². The molecule has 96 valence electrons. The summed E-state index contributed by atoms with van der Waals surface area (Å²) >= 11 is 13.0. The molecule has 8 heteroatoms. The average Bonchev–Trinajstić information content (AvgIpc) is 2.80. The predicted octanol–water partition coefficient (Wildman–Crippen LogP) is 1.99. The number of carbonyl (C=O) groups excluding carboxylic acids is 1. The number of aliphatic carboxylic acids is 1. The van der Waals surface area contributed by atoms with Gasteiger partial charge in [0, 0.05) is 11.9 Å². The van der Waals surface area contributed by atoms with E-state index >= 15 is 0 Å². The third-order valence-electron chi connectivity index (χ3n) is 2.48. The molecule has 1 aromatic rings. The standard InChI is InChI=1S/C10H8Cl2N2O3S/c11-6-2-13-8(12)1-5(6)9(15)14-4-18-3-7(14)10(16)17/h1-2,7H,3-4H2,(H,16,17)/t7-/m0/s1. The van der Waals surface area contributed by atoms with Gasteiger partial charge in [-0.3, -0.25) is 4.79 Å². The molecule has 0 aliphatic carbocycles. The van der Waals surface area contributed by atoms with Crippen molar-refractivity contribution in [2.45, 2.75) is 6.04 Å². The van der Waals surface area contributed by atoms with Crippen LogP contribution in [-0.2, 0) is 4.79 Å². The van der Waals surface area contributed by atoms with Gasteiger partial charge < -0.3 is 10.0 Å². The summed E-state index contributed by atoms with van der Waals surface area (Å²) in [6, 6.07) is 0.513. The summed E-state index contributed by atoms with van der Waals surface area (Å²) in [5, 5.41) is 9.32. The zero-order valence-electron chi connectivity index (χ0n) is 8.97. The molecule has 1 N–H and O–H groups in total. The molecule has 5 nitrogen and oxygen atoms in total. The largest absolute Gasteiger partial charge is 0.480 e. The molecule has 1 aliphatic rings. The number of thioether (sulfide) groups is 1. The van der Waals surface area contributed by atoms with Crippen molar-refractivity contribution >= 4 is 46.8 Å². The van der Waals surface area contributed by atoms with Gasteiger partial charge in [-0.15, -0.1) is 11.8 Å². The lowest BCUT2D eigenvalue weighted by molar-refractivity contribution is -0.140. The molecular weight excluding hydrogens is 299 g/mol. The van der Waals surface area contributed by atoms with E-state index in [1.54, 1.807) is 0 Å². The number of carboxylic acids is 1. The second-order valence-corrected chi connectivity index (χ2v) is 5.41. The van der Waals surface area contributed by atoms with Crippen LogP contribution < -0.4 is 0 Å². The predicted molar refractivity (Wildman–Crippen MR) is 69.2 cm³/mol. The van der Waals surface area contributed by atoms with Gasteiger partial charge in [-0.25, -0.2) is 9.78 Å². The van der Waals surface area contributed by atoms with Gasteiger partial charge in [-0.2, -0.15) is 0 Å². The summed E-state index contributed by atoms with van der Waals surface area (Å²) in [6.07, 6.45) is 1.27. The second-order valence-electron chi connectivity index (χ2n) is 3.62. The number of carbonyl (C=O) groups is 2. The van der Waals surface area contributed by atoms with E-state index in [1.165, 1.54) is 28.9 Å². The molecule has 0 saturated carbocycles. The van der Waals surface area contributed by atoms with Crippen LogP contribution in [0.25, 0.3) is 0 Å². The number of pyridine rings is 1. The van der Waals surface area contributed by atoms with E-state index in [0.29, 0.717) is 11.6 Å². The van der Waals surface area contributed by atoms with Crippen molar-refractivity contribution in [3.8, 4) is 0 Å².